The lowest BCUT2D eigenvalue weighted by Gasteiger charge is -2.27. The van der Waals surface area contributed by atoms with E-state index in [4.69, 9.17) is 0 Å². The number of likely N-dealkylation sites (N-methyl/N-ethyl adjacent to an activating group) is 1. The fraction of sp³-hybridized carbons (Fsp3) is 0.421. The Kier molecular flexibility index (Phi) is 6.29. The van der Waals surface area contributed by atoms with E-state index in [9.17, 15) is 4.79 Å². The second-order valence-corrected chi connectivity index (χ2v) is 5.82. The second-order valence-electron chi connectivity index (χ2n) is 5.82. The molecule has 5 nitrogen and oxygen atoms in total. The van der Waals surface area contributed by atoms with Gasteiger partial charge in [-0.2, -0.15) is 0 Å². The average Bonchev–Trinajstić information content (AvgIpc) is 2.55. The Morgan fingerprint density at radius 1 is 1.04 bits per heavy atom. The Morgan fingerprint density at radius 3 is 2.29 bits per heavy atom. The number of hydrogen-bond donors (Lipinski definition) is 0. The van der Waals surface area contributed by atoms with Gasteiger partial charge in [-0.25, -0.2) is 9.97 Å². The van der Waals surface area contributed by atoms with E-state index < -0.39 is 0 Å². The van der Waals surface area contributed by atoms with Gasteiger partial charge in [-0.05, 0) is 33.3 Å². The van der Waals surface area contributed by atoms with Crippen molar-refractivity contribution in [1.29, 1.82) is 0 Å². The molecule has 0 aliphatic rings. The monoisotopic (exact) mass is 326 g/mol. The first-order chi connectivity index (χ1) is 11.5. The number of aryl methyl sites for hydroxylation is 2. The van der Waals surface area contributed by atoms with Gasteiger partial charge in [0, 0.05) is 31.4 Å². The number of hydrogen-bond acceptors (Lipinski definition) is 4. The van der Waals surface area contributed by atoms with Crippen LogP contribution in [0.5, 0.6) is 0 Å². The van der Waals surface area contributed by atoms with Crippen molar-refractivity contribution in [2.45, 2.75) is 34.2 Å². The zero-order valence-corrected chi connectivity index (χ0v) is 15.0. The smallest absolute Gasteiger partial charge is 0.242 e. The summed E-state index contributed by atoms with van der Waals surface area (Å²) < 4.78 is 0. The van der Waals surface area contributed by atoms with Gasteiger partial charge in [0.1, 0.15) is 11.6 Å². The molecule has 0 fully saturated rings. The maximum Gasteiger partial charge on any atom is 0.242 e. The van der Waals surface area contributed by atoms with E-state index in [1.54, 1.807) is 0 Å². The average molecular weight is 326 g/mol. The lowest BCUT2D eigenvalue weighted by molar-refractivity contribution is -0.129. The first-order valence-corrected chi connectivity index (χ1v) is 8.42. The third-order valence-electron chi connectivity index (χ3n) is 3.94. The van der Waals surface area contributed by atoms with Crippen molar-refractivity contribution in [2.75, 3.05) is 24.5 Å². The molecule has 0 aliphatic heterocycles. The zero-order valence-electron chi connectivity index (χ0n) is 15.0. The van der Waals surface area contributed by atoms with Gasteiger partial charge < -0.3 is 9.80 Å². The van der Waals surface area contributed by atoms with Crippen LogP contribution < -0.4 is 4.90 Å². The molecule has 0 saturated heterocycles. The summed E-state index contributed by atoms with van der Waals surface area (Å²) in [5, 5.41) is 0. The third kappa shape index (κ3) is 4.78. The van der Waals surface area contributed by atoms with Crippen LogP contribution in [0.25, 0.3) is 0 Å². The summed E-state index contributed by atoms with van der Waals surface area (Å²) in [4.78, 5) is 25.3. The fourth-order valence-corrected chi connectivity index (χ4v) is 2.72. The van der Waals surface area contributed by atoms with Crippen molar-refractivity contribution in [3.8, 4) is 0 Å². The highest BCUT2D eigenvalue weighted by atomic mass is 16.2. The Bertz CT molecular complexity index is 648. The van der Waals surface area contributed by atoms with Gasteiger partial charge in [-0.3, -0.25) is 4.79 Å². The molecule has 0 N–H and O–H groups in total. The molecule has 0 aliphatic carbocycles. The van der Waals surface area contributed by atoms with Crippen molar-refractivity contribution in [1.82, 2.24) is 14.9 Å². The number of amides is 1. The van der Waals surface area contributed by atoms with Crippen LogP contribution in [0.15, 0.2) is 36.4 Å². The van der Waals surface area contributed by atoms with Gasteiger partial charge in [-0.15, -0.1) is 0 Å². The molecule has 5 heteroatoms. The Hall–Kier alpha value is -2.43. The fourth-order valence-electron chi connectivity index (χ4n) is 2.72. The van der Waals surface area contributed by atoms with Gasteiger partial charge in [-0.1, -0.05) is 30.3 Å². The molecule has 0 unspecified atom stereocenters. The van der Waals surface area contributed by atoms with Gasteiger partial charge >= 0.3 is 0 Å². The molecule has 2 rings (SSSR count). The summed E-state index contributed by atoms with van der Waals surface area (Å²) in [6.07, 6.45) is 0. The second kappa shape index (κ2) is 8.43. The molecule has 0 saturated carbocycles. The molecule has 0 atom stereocenters. The van der Waals surface area contributed by atoms with Crippen LogP contribution in [0.3, 0.4) is 0 Å². The molecule has 1 aromatic heterocycles. The Labute approximate surface area is 144 Å². The minimum absolute atomic E-state index is 0.116. The van der Waals surface area contributed by atoms with E-state index >= 15 is 0 Å². The number of carbonyl (C=O) groups is 1. The molecule has 0 spiro atoms. The normalized spacial score (nSPS) is 10.5. The van der Waals surface area contributed by atoms with Crippen molar-refractivity contribution in [2.24, 2.45) is 0 Å². The molecule has 1 amide bonds. The summed E-state index contributed by atoms with van der Waals surface area (Å²) in [7, 11) is 0. The SMILES string of the molecule is CCN(CC)C(=O)CN(Cc1ccccc1)c1cc(C)nc(C)n1. The van der Waals surface area contributed by atoms with Gasteiger partial charge in [0.05, 0.1) is 6.54 Å². The molecular weight excluding hydrogens is 300 g/mol. The maximum atomic E-state index is 12.6. The van der Waals surface area contributed by atoms with Crippen LogP contribution in [0, 0.1) is 13.8 Å². The number of nitrogens with zero attached hydrogens (tertiary/aromatic N) is 4. The highest BCUT2D eigenvalue weighted by Crippen LogP contribution is 2.16. The van der Waals surface area contributed by atoms with Crippen molar-refractivity contribution < 1.29 is 4.79 Å². The molecule has 2 aromatic rings. The number of benzene rings is 1. The Morgan fingerprint density at radius 2 is 1.71 bits per heavy atom. The predicted octanol–water partition coefficient (Wildman–Crippen LogP) is 2.97. The lowest BCUT2D eigenvalue weighted by atomic mass is 10.2. The van der Waals surface area contributed by atoms with Crippen molar-refractivity contribution in [3.63, 3.8) is 0 Å². The Balaban J connectivity index is 2.28. The van der Waals surface area contributed by atoms with Crippen LogP contribution in [0.4, 0.5) is 5.82 Å². The predicted molar refractivity (Wildman–Crippen MR) is 96.9 cm³/mol. The maximum absolute atomic E-state index is 12.6. The van der Waals surface area contributed by atoms with E-state index in [1.807, 2.05) is 61.8 Å². The molecule has 1 aromatic carbocycles. The quantitative estimate of drug-likeness (QED) is 0.785. The minimum Gasteiger partial charge on any atom is -0.343 e. The summed E-state index contributed by atoms with van der Waals surface area (Å²) in [5.74, 6) is 1.63. The molecule has 1 heterocycles. The van der Waals surface area contributed by atoms with Gasteiger partial charge in [0.25, 0.3) is 0 Å². The molecule has 0 bridgehead atoms. The lowest BCUT2D eigenvalue weighted by Crippen LogP contribution is -2.40. The van der Waals surface area contributed by atoms with E-state index in [-0.39, 0.29) is 5.91 Å². The highest BCUT2D eigenvalue weighted by Gasteiger charge is 2.17. The highest BCUT2D eigenvalue weighted by molar-refractivity contribution is 5.81. The van der Waals surface area contributed by atoms with E-state index in [2.05, 4.69) is 22.1 Å². The van der Waals surface area contributed by atoms with Crippen LogP contribution in [0.1, 0.15) is 30.9 Å². The van der Waals surface area contributed by atoms with Crippen LogP contribution in [-0.2, 0) is 11.3 Å². The number of anilines is 1. The van der Waals surface area contributed by atoms with Crippen molar-refractivity contribution in [3.05, 3.63) is 53.5 Å². The van der Waals surface area contributed by atoms with Crippen molar-refractivity contribution >= 4 is 11.7 Å². The van der Waals surface area contributed by atoms with Crippen LogP contribution >= 0.6 is 0 Å². The summed E-state index contributed by atoms with van der Waals surface area (Å²) >= 11 is 0. The molecule has 0 radical (unpaired) electrons. The first-order valence-electron chi connectivity index (χ1n) is 8.42. The topological polar surface area (TPSA) is 49.3 Å². The first kappa shape index (κ1) is 17.9. The largest absolute Gasteiger partial charge is 0.343 e. The van der Waals surface area contributed by atoms with Gasteiger partial charge in [0.2, 0.25) is 5.91 Å². The molecule has 24 heavy (non-hydrogen) atoms. The number of rotatable bonds is 7. The van der Waals surface area contributed by atoms with E-state index in [0.717, 1.165) is 36.0 Å². The summed E-state index contributed by atoms with van der Waals surface area (Å²) in [5.41, 5.74) is 2.06. The van der Waals surface area contributed by atoms with E-state index in [1.165, 1.54) is 0 Å². The summed E-state index contributed by atoms with van der Waals surface area (Å²) in [6, 6.07) is 12.1. The van der Waals surface area contributed by atoms with E-state index in [0.29, 0.717) is 13.1 Å². The summed E-state index contributed by atoms with van der Waals surface area (Å²) in [6.45, 7) is 10.2. The third-order valence-corrected chi connectivity index (χ3v) is 3.94. The van der Waals surface area contributed by atoms with Gasteiger partial charge in [0.15, 0.2) is 0 Å². The minimum atomic E-state index is 0.116. The van der Waals surface area contributed by atoms with Crippen LogP contribution in [0.2, 0.25) is 0 Å². The number of carbonyl (C=O) groups excluding carboxylic acids is 1. The standard InChI is InChI=1S/C19H26N4O/c1-5-22(6-2)19(24)14-23(13-17-10-8-7-9-11-17)18-12-15(3)20-16(4)21-18/h7-12H,5-6,13-14H2,1-4H3. The zero-order chi connectivity index (χ0) is 17.5. The number of aromatic nitrogens is 2. The van der Waals surface area contributed by atoms with Crippen LogP contribution in [-0.4, -0.2) is 40.4 Å². The molecular formula is C19H26N4O. The molecule has 128 valence electrons.